The van der Waals surface area contributed by atoms with Gasteiger partial charge >= 0.3 is 5.97 Å². The van der Waals surface area contributed by atoms with E-state index in [0.29, 0.717) is 17.5 Å². The van der Waals surface area contributed by atoms with Crippen LogP contribution in [0.1, 0.15) is 54.0 Å². The first-order chi connectivity index (χ1) is 17.0. The third-order valence-corrected chi connectivity index (χ3v) is 7.31. The number of piperidine rings is 1. The Morgan fingerprint density at radius 1 is 0.886 bits per heavy atom. The largest absolute Gasteiger partial charge is 0.481 e. The second kappa shape index (κ2) is 11.6. The summed E-state index contributed by atoms with van der Waals surface area (Å²) in [5, 5.41) is 31.9. The molecule has 0 radical (unpaired) electrons. The van der Waals surface area contributed by atoms with E-state index in [1.165, 1.54) is 0 Å². The van der Waals surface area contributed by atoms with E-state index in [9.17, 15) is 15.0 Å². The van der Waals surface area contributed by atoms with Gasteiger partial charge in [-0.3, -0.25) is 4.79 Å². The van der Waals surface area contributed by atoms with E-state index in [1.807, 2.05) is 78.9 Å². The smallest absolute Gasteiger partial charge is 0.307 e. The summed E-state index contributed by atoms with van der Waals surface area (Å²) in [6, 6.07) is 27.2. The van der Waals surface area contributed by atoms with Crippen LogP contribution in [-0.4, -0.2) is 45.8 Å². The van der Waals surface area contributed by atoms with Crippen LogP contribution in [0.5, 0.6) is 0 Å². The average molecular weight is 474 g/mol. The van der Waals surface area contributed by atoms with Crippen molar-refractivity contribution < 1.29 is 20.1 Å². The van der Waals surface area contributed by atoms with Crippen LogP contribution in [0.25, 0.3) is 0 Å². The fraction of sp³-hybridized carbons (Fsp3) is 0.367. The standard InChI is InChI=1S/C30H35NO4/c32-28(27-15-8-7-10-23(27)22-29(33)34)16-9-19-31-20-17-26(18-21-31)30(35,24-11-3-1-4-12-24)25-13-5-2-6-14-25/h1-8,10-15,26,28,32,35H,9,16-22H2,(H,33,34). The van der Waals surface area contributed by atoms with Crippen LogP contribution in [-0.2, 0) is 16.8 Å². The number of carboxylic acids is 1. The van der Waals surface area contributed by atoms with Crippen LogP contribution >= 0.6 is 0 Å². The molecule has 3 aromatic rings. The molecule has 0 aromatic heterocycles. The van der Waals surface area contributed by atoms with Crippen molar-refractivity contribution in [2.45, 2.75) is 43.8 Å². The zero-order valence-corrected chi connectivity index (χ0v) is 20.1. The monoisotopic (exact) mass is 473 g/mol. The van der Waals surface area contributed by atoms with Gasteiger partial charge in [0.05, 0.1) is 12.5 Å². The number of aliphatic hydroxyl groups excluding tert-OH is 1. The second-order valence-corrected chi connectivity index (χ2v) is 9.54. The van der Waals surface area contributed by atoms with E-state index in [0.717, 1.165) is 50.0 Å². The number of hydrogen-bond donors (Lipinski definition) is 3. The molecule has 1 aliphatic heterocycles. The summed E-state index contributed by atoms with van der Waals surface area (Å²) in [6.45, 7) is 2.68. The van der Waals surface area contributed by atoms with Crippen LogP contribution in [0.4, 0.5) is 0 Å². The van der Waals surface area contributed by atoms with Gasteiger partial charge in [0.2, 0.25) is 0 Å². The molecule has 1 heterocycles. The van der Waals surface area contributed by atoms with Crippen molar-refractivity contribution in [1.29, 1.82) is 0 Å². The lowest BCUT2D eigenvalue weighted by Crippen LogP contribution is -2.44. The van der Waals surface area contributed by atoms with Crippen molar-refractivity contribution in [2.75, 3.05) is 19.6 Å². The summed E-state index contributed by atoms with van der Waals surface area (Å²) in [4.78, 5) is 13.5. The third-order valence-electron chi connectivity index (χ3n) is 7.31. The Bertz CT molecular complexity index is 1040. The topological polar surface area (TPSA) is 81.0 Å². The Morgan fingerprint density at radius 2 is 1.43 bits per heavy atom. The summed E-state index contributed by atoms with van der Waals surface area (Å²) in [6.07, 6.45) is 2.47. The van der Waals surface area contributed by atoms with Crippen LogP contribution in [0.3, 0.4) is 0 Å². The van der Waals surface area contributed by atoms with Crippen molar-refractivity contribution >= 4 is 5.97 Å². The molecule has 3 aromatic carbocycles. The number of benzene rings is 3. The van der Waals surface area contributed by atoms with Gasteiger partial charge in [0, 0.05) is 0 Å². The van der Waals surface area contributed by atoms with Gasteiger partial charge in [-0.25, -0.2) is 0 Å². The van der Waals surface area contributed by atoms with E-state index in [2.05, 4.69) is 4.90 Å². The molecule has 1 saturated heterocycles. The van der Waals surface area contributed by atoms with Gasteiger partial charge in [-0.05, 0) is 73.5 Å². The molecule has 0 bridgehead atoms. The quantitative estimate of drug-likeness (QED) is 0.395. The molecule has 4 rings (SSSR count). The lowest BCUT2D eigenvalue weighted by molar-refractivity contribution is -0.136. The highest BCUT2D eigenvalue weighted by Gasteiger charge is 2.41. The lowest BCUT2D eigenvalue weighted by Gasteiger charge is -2.42. The molecule has 5 nitrogen and oxygen atoms in total. The third kappa shape index (κ3) is 5.99. The minimum atomic E-state index is -1.02. The average Bonchev–Trinajstić information content (AvgIpc) is 2.89. The van der Waals surface area contributed by atoms with E-state index in [-0.39, 0.29) is 12.3 Å². The molecule has 1 unspecified atom stereocenters. The number of aliphatic hydroxyl groups is 2. The van der Waals surface area contributed by atoms with Crippen LogP contribution < -0.4 is 0 Å². The van der Waals surface area contributed by atoms with E-state index < -0.39 is 17.7 Å². The Labute approximate surface area is 207 Å². The van der Waals surface area contributed by atoms with Gasteiger partial charge in [-0.2, -0.15) is 0 Å². The molecule has 1 fully saturated rings. The van der Waals surface area contributed by atoms with E-state index >= 15 is 0 Å². The number of carbonyl (C=O) groups is 1. The minimum absolute atomic E-state index is 0.0769. The predicted octanol–water partition coefficient (Wildman–Crippen LogP) is 4.78. The minimum Gasteiger partial charge on any atom is -0.481 e. The maximum Gasteiger partial charge on any atom is 0.307 e. The Hall–Kier alpha value is -2.99. The summed E-state index contributed by atoms with van der Waals surface area (Å²) >= 11 is 0. The van der Waals surface area contributed by atoms with Gasteiger partial charge in [0.15, 0.2) is 0 Å². The lowest BCUT2D eigenvalue weighted by atomic mass is 9.72. The second-order valence-electron chi connectivity index (χ2n) is 9.54. The van der Waals surface area contributed by atoms with Crippen molar-refractivity contribution in [2.24, 2.45) is 5.92 Å². The Morgan fingerprint density at radius 3 is 2.00 bits per heavy atom. The Balaban J connectivity index is 1.34. The fourth-order valence-corrected chi connectivity index (χ4v) is 5.44. The van der Waals surface area contributed by atoms with E-state index in [4.69, 9.17) is 5.11 Å². The predicted molar refractivity (Wildman–Crippen MR) is 137 cm³/mol. The maximum absolute atomic E-state index is 12.0. The molecule has 0 spiro atoms. The fourth-order valence-electron chi connectivity index (χ4n) is 5.44. The number of carboxylic acid groups (broad SMARTS) is 1. The molecule has 3 N–H and O–H groups in total. The number of aliphatic carboxylic acids is 1. The zero-order valence-electron chi connectivity index (χ0n) is 20.1. The molecule has 0 amide bonds. The van der Waals surface area contributed by atoms with Crippen LogP contribution in [0, 0.1) is 5.92 Å². The maximum atomic E-state index is 12.0. The van der Waals surface area contributed by atoms with Crippen molar-refractivity contribution in [3.05, 3.63) is 107 Å². The van der Waals surface area contributed by atoms with Gasteiger partial charge in [-0.1, -0.05) is 84.9 Å². The van der Waals surface area contributed by atoms with E-state index in [1.54, 1.807) is 6.07 Å². The van der Waals surface area contributed by atoms with Crippen molar-refractivity contribution in [3.8, 4) is 0 Å². The first kappa shape index (κ1) is 25.1. The first-order valence-electron chi connectivity index (χ1n) is 12.5. The van der Waals surface area contributed by atoms with Gasteiger partial charge in [-0.15, -0.1) is 0 Å². The molecule has 35 heavy (non-hydrogen) atoms. The van der Waals surface area contributed by atoms with Gasteiger partial charge in [0.25, 0.3) is 0 Å². The molecular formula is C30H35NO4. The van der Waals surface area contributed by atoms with Crippen LogP contribution in [0.15, 0.2) is 84.9 Å². The van der Waals surface area contributed by atoms with Crippen molar-refractivity contribution in [3.63, 3.8) is 0 Å². The molecule has 0 aliphatic carbocycles. The highest BCUT2D eigenvalue weighted by atomic mass is 16.4. The number of rotatable bonds is 10. The first-order valence-corrected chi connectivity index (χ1v) is 12.5. The number of nitrogens with zero attached hydrogens (tertiary/aromatic N) is 1. The summed E-state index contributed by atoms with van der Waals surface area (Å²) in [5.41, 5.74) is 2.25. The SMILES string of the molecule is O=C(O)Cc1ccccc1C(O)CCCN1CCC(C(O)(c2ccccc2)c2ccccc2)CC1. The normalized spacial score (nSPS) is 16.2. The van der Waals surface area contributed by atoms with Gasteiger partial charge in [0.1, 0.15) is 5.60 Å². The number of likely N-dealkylation sites (tertiary alicyclic amines) is 1. The molecule has 1 aliphatic rings. The molecule has 184 valence electrons. The van der Waals surface area contributed by atoms with Crippen LogP contribution in [0.2, 0.25) is 0 Å². The summed E-state index contributed by atoms with van der Waals surface area (Å²) in [7, 11) is 0. The summed E-state index contributed by atoms with van der Waals surface area (Å²) in [5.74, 6) is -0.768. The highest BCUT2D eigenvalue weighted by Crippen LogP contribution is 2.42. The Kier molecular flexibility index (Phi) is 8.34. The molecule has 5 heteroatoms. The summed E-state index contributed by atoms with van der Waals surface area (Å²) < 4.78 is 0. The van der Waals surface area contributed by atoms with Crippen molar-refractivity contribution in [1.82, 2.24) is 4.90 Å². The molecule has 1 atom stereocenters. The zero-order chi connectivity index (χ0) is 24.7. The number of hydrogen-bond acceptors (Lipinski definition) is 4. The highest BCUT2D eigenvalue weighted by molar-refractivity contribution is 5.70. The molecule has 0 saturated carbocycles. The molecular weight excluding hydrogens is 438 g/mol. The van der Waals surface area contributed by atoms with Gasteiger partial charge < -0.3 is 20.2 Å².